The second-order valence-electron chi connectivity index (χ2n) is 5.64. The molecule has 3 unspecified atom stereocenters. The third-order valence-electron chi connectivity index (χ3n) is 4.35. The summed E-state index contributed by atoms with van der Waals surface area (Å²) < 4.78 is 11.2. The van der Waals surface area contributed by atoms with E-state index in [1.54, 1.807) is 11.8 Å². The molecule has 108 valence electrons. The predicted octanol–water partition coefficient (Wildman–Crippen LogP) is 1.00. The average Bonchev–Trinajstić information content (AvgIpc) is 3.17. The monoisotopic (exact) mass is 295 g/mol. The van der Waals surface area contributed by atoms with Gasteiger partial charge in [-0.1, -0.05) is 5.16 Å². The first-order chi connectivity index (χ1) is 9.81. The summed E-state index contributed by atoms with van der Waals surface area (Å²) in [5.74, 6) is 2.33. The van der Waals surface area contributed by atoms with Gasteiger partial charge in [-0.05, 0) is 19.4 Å². The molecule has 0 N–H and O–H groups in total. The molecular formula is C13H17N3O3S. The number of ether oxygens (including phenoxy) is 1. The molecule has 0 aromatic carbocycles. The molecule has 4 rings (SSSR count). The van der Waals surface area contributed by atoms with E-state index in [1.807, 2.05) is 0 Å². The van der Waals surface area contributed by atoms with Crippen molar-refractivity contribution in [2.45, 2.75) is 30.9 Å². The van der Waals surface area contributed by atoms with Crippen molar-refractivity contribution in [1.82, 2.24) is 15.0 Å². The molecule has 1 aromatic rings. The van der Waals surface area contributed by atoms with E-state index in [4.69, 9.17) is 9.26 Å². The zero-order valence-electron chi connectivity index (χ0n) is 11.2. The van der Waals surface area contributed by atoms with Crippen molar-refractivity contribution in [2.75, 3.05) is 31.2 Å². The van der Waals surface area contributed by atoms with Crippen LogP contribution in [0.3, 0.4) is 0 Å². The normalized spacial score (nSPS) is 34.6. The Morgan fingerprint density at radius 1 is 1.40 bits per heavy atom. The van der Waals surface area contributed by atoms with Crippen LogP contribution in [0.4, 0.5) is 0 Å². The first-order valence-electron chi connectivity index (χ1n) is 7.11. The highest BCUT2D eigenvalue weighted by atomic mass is 32.2. The van der Waals surface area contributed by atoms with E-state index in [1.165, 1.54) is 12.8 Å². The molecule has 3 atom stereocenters. The van der Waals surface area contributed by atoms with E-state index in [0.717, 1.165) is 25.4 Å². The van der Waals surface area contributed by atoms with Crippen LogP contribution in [0.25, 0.3) is 0 Å². The van der Waals surface area contributed by atoms with Crippen molar-refractivity contribution in [3.05, 3.63) is 11.7 Å². The SMILES string of the molecule is O=C1CSCC1c1nc(C2CN3CCCC3CO2)no1. The van der Waals surface area contributed by atoms with Gasteiger partial charge in [0.25, 0.3) is 0 Å². The number of rotatable bonds is 2. The minimum absolute atomic E-state index is 0.119. The molecule has 1 aromatic heterocycles. The Hall–Kier alpha value is -0.920. The minimum atomic E-state index is -0.218. The maximum Gasteiger partial charge on any atom is 0.238 e. The van der Waals surface area contributed by atoms with Crippen LogP contribution in [-0.4, -0.2) is 58.1 Å². The molecule has 0 bridgehead atoms. The van der Waals surface area contributed by atoms with Crippen LogP contribution in [0.2, 0.25) is 0 Å². The number of hydrogen-bond donors (Lipinski definition) is 0. The molecule has 0 saturated carbocycles. The molecule has 4 heterocycles. The highest BCUT2D eigenvalue weighted by Crippen LogP contribution is 2.32. The van der Waals surface area contributed by atoms with Crippen LogP contribution in [0, 0.1) is 0 Å². The van der Waals surface area contributed by atoms with Gasteiger partial charge in [0, 0.05) is 18.3 Å². The highest BCUT2D eigenvalue weighted by molar-refractivity contribution is 8.00. The summed E-state index contributed by atoms with van der Waals surface area (Å²) in [6, 6.07) is 0.561. The van der Waals surface area contributed by atoms with E-state index in [9.17, 15) is 4.79 Å². The lowest BCUT2D eigenvalue weighted by molar-refractivity contribution is -0.117. The molecule has 0 amide bonds. The number of Topliss-reactive ketones (excluding diaryl/α,β-unsaturated/α-hetero) is 1. The summed E-state index contributed by atoms with van der Waals surface area (Å²) in [5.41, 5.74) is 0. The molecule has 3 aliphatic rings. The lowest BCUT2D eigenvalue weighted by Gasteiger charge is -2.33. The van der Waals surface area contributed by atoms with Crippen molar-refractivity contribution >= 4 is 17.5 Å². The van der Waals surface area contributed by atoms with Crippen molar-refractivity contribution in [3.8, 4) is 0 Å². The third-order valence-corrected chi connectivity index (χ3v) is 5.41. The van der Waals surface area contributed by atoms with Gasteiger partial charge in [0.15, 0.2) is 5.78 Å². The summed E-state index contributed by atoms with van der Waals surface area (Å²) in [6.07, 6.45) is 2.34. The zero-order chi connectivity index (χ0) is 13.5. The summed E-state index contributed by atoms with van der Waals surface area (Å²) in [5, 5.41) is 4.03. The predicted molar refractivity (Wildman–Crippen MR) is 72.7 cm³/mol. The number of fused-ring (bicyclic) bond motifs is 1. The van der Waals surface area contributed by atoms with Gasteiger partial charge in [-0.3, -0.25) is 9.69 Å². The highest BCUT2D eigenvalue weighted by Gasteiger charge is 2.36. The smallest absolute Gasteiger partial charge is 0.238 e. The number of carbonyl (C=O) groups is 1. The molecule has 3 aliphatic heterocycles. The Kier molecular flexibility index (Phi) is 3.28. The van der Waals surface area contributed by atoms with Gasteiger partial charge >= 0.3 is 0 Å². The second-order valence-corrected chi connectivity index (χ2v) is 6.67. The van der Waals surface area contributed by atoms with E-state index >= 15 is 0 Å². The third kappa shape index (κ3) is 2.17. The van der Waals surface area contributed by atoms with Crippen molar-refractivity contribution in [1.29, 1.82) is 0 Å². The zero-order valence-corrected chi connectivity index (χ0v) is 12.0. The number of morpholine rings is 1. The van der Waals surface area contributed by atoms with Crippen LogP contribution in [0.15, 0.2) is 4.52 Å². The van der Waals surface area contributed by atoms with Gasteiger partial charge in [-0.25, -0.2) is 0 Å². The van der Waals surface area contributed by atoms with Gasteiger partial charge in [0.1, 0.15) is 12.0 Å². The first-order valence-corrected chi connectivity index (χ1v) is 8.26. The first kappa shape index (κ1) is 12.8. The molecule has 20 heavy (non-hydrogen) atoms. The summed E-state index contributed by atoms with van der Waals surface area (Å²) >= 11 is 1.63. The Labute approximate surface area is 121 Å². The Balaban J connectivity index is 1.49. The molecule has 7 heteroatoms. The van der Waals surface area contributed by atoms with Gasteiger partial charge in [-0.2, -0.15) is 16.7 Å². The summed E-state index contributed by atoms with van der Waals surface area (Å²) in [6.45, 7) is 2.71. The van der Waals surface area contributed by atoms with Crippen molar-refractivity contribution < 1.29 is 14.1 Å². The second kappa shape index (κ2) is 5.13. The van der Waals surface area contributed by atoms with E-state index in [0.29, 0.717) is 23.5 Å². The number of nitrogens with zero attached hydrogens (tertiary/aromatic N) is 3. The average molecular weight is 295 g/mol. The number of thioether (sulfide) groups is 1. The van der Waals surface area contributed by atoms with Crippen LogP contribution in [-0.2, 0) is 9.53 Å². The largest absolute Gasteiger partial charge is 0.367 e. The fraction of sp³-hybridized carbons (Fsp3) is 0.769. The van der Waals surface area contributed by atoms with E-state index < -0.39 is 0 Å². The number of hydrogen-bond acceptors (Lipinski definition) is 7. The summed E-state index contributed by atoms with van der Waals surface area (Å²) in [4.78, 5) is 18.6. The van der Waals surface area contributed by atoms with E-state index in [2.05, 4.69) is 15.0 Å². The topological polar surface area (TPSA) is 68.5 Å². The standard InChI is InChI=1S/C13H17N3O3S/c17-10-7-20-6-9(10)13-14-12(15-19-13)11-4-16-3-1-2-8(16)5-18-11/h8-9,11H,1-7H2. The van der Waals surface area contributed by atoms with Gasteiger partial charge in [0.05, 0.1) is 12.4 Å². The number of aromatic nitrogens is 2. The molecule has 0 radical (unpaired) electrons. The fourth-order valence-electron chi connectivity index (χ4n) is 3.17. The summed E-state index contributed by atoms with van der Waals surface area (Å²) in [7, 11) is 0. The number of carbonyl (C=O) groups excluding carboxylic acids is 1. The van der Waals surface area contributed by atoms with Gasteiger partial charge in [-0.15, -0.1) is 0 Å². The maximum absolute atomic E-state index is 11.7. The Bertz CT molecular complexity index is 521. The minimum Gasteiger partial charge on any atom is -0.367 e. The van der Waals surface area contributed by atoms with E-state index in [-0.39, 0.29) is 17.8 Å². The molecular weight excluding hydrogens is 278 g/mol. The van der Waals surface area contributed by atoms with Crippen LogP contribution in [0.5, 0.6) is 0 Å². The molecule has 0 aliphatic carbocycles. The van der Waals surface area contributed by atoms with Crippen LogP contribution in [0.1, 0.15) is 36.6 Å². The van der Waals surface area contributed by atoms with Crippen molar-refractivity contribution in [2.24, 2.45) is 0 Å². The van der Waals surface area contributed by atoms with Gasteiger partial charge in [0.2, 0.25) is 11.7 Å². The Morgan fingerprint density at radius 3 is 3.20 bits per heavy atom. The van der Waals surface area contributed by atoms with Crippen molar-refractivity contribution in [3.63, 3.8) is 0 Å². The lowest BCUT2D eigenvalue weighted by Crippen LogP contribution is -2.42. The number of ketones is 1. The molecule has 6 nitrogen and oxygen atoms in total. The quantitative estimate of drug-likeness (QED) is 0.806. The van der Waals surface area contributed by atoms with Crippen LogP contribution < -0.4 is 0 Å². The molecule has 3 saturated heterocycles. The Morgan fingerprint density at radius 2 is 2.35 bits per heavy atom. The molecule has 0 spiro atoms. The fourth-order valence-corrected chi connectivity index (χ4v) is 4.26. The van der Waals surface area contributed by atoms with Gasteiger partial charge < -0.3 is 9.26 Å². The lowest BCUT2D eigenvalue weighted by atomic mass is 10.1. The van der Waals surface area contributed by atoms with Crippen LogP contribution >= 0.6 is 11.8 Å². The maximum atomic E-state index is 11.7. The molecule has 3 fully saturated rings.